The average molecular weight is 289 g/mol. The number of benzene rings is 1. The van der Waals surface area contributed by atoms with Crippen molar-refractivity contribution in [3.63, 3.8) is 0 Å². The Morgan fingerprint density at radius 2 is 2.05 bits per heavy atom. The number of hydrogen-bond acceptors (Lipinski definition) is 2. The van der Waals surface area contributed by atoms with Gasteiger partial charge in [-0.3, -0.25) is 4.79 Å². The zero-order chi connectivity index (χ0) is 15.4. The Morgan fingerprint density at radius 1 is 1.33 bits per heavy atom. The number of amides is 1. The fraction of sp³-hybridized carbons (Fsp3) is 0.375. The average Bonchev–Trinajstić information content (AvgIpc) is 2.85. The van der Waals surface area contributed by atoms with E-state index in [0.717, 1.165) is 23.9 Å². The van der Waals surface area contributed by atoms with Gasteiger partial charge in [0.05, 0.1) is 18.0 Å². The molecule has 5 heteroatoms. The molecule has 1 aromatic carbocycles. The molecule has 1 aromatic heterocycles. The highest BCUT2D eigenvalue weighted by molar-refractivity contribution is 6.04. The quantitative estimate of drug-likeness (QED) is 0.903. The van der Waals surface area contributed by atoms with Crippen LogP contribution in [0.25, 0.3) is 0 Å². The summed E-state index contributed by atoms with van der Waals surface area (Å²) in [6.45, 7) is 6.49. The summed E-state index contributed by atoms with van der Waals surface area (Å²) in [7, 11) is 0. The smallest absolute Gasteiger partial charge is 0.258 e. The normalized spacial score (nSPS) is 12.4. The first-order valence-corrected chi connectivity index (χ1v) is 7.08. The van der Waals surface area contributed by atoms with E-state index in [-0.39, 0.29) is 16.4 Å². The van der Waals surface area contributed by atoms with Crippen LogP contribution in [0.3, 0.4) is 0 Å². The first-order chi connectivity index (χ1) is 9.97. The monoisotopic (exact) mass is 289 g/mol. The molecule has 2 rings (SSSR count). The lowest BCUT2D eigenvalue weighted by Crippen LogP contribution is -2.13. The number of carbonyl (C=O) groups excluding carboxylic acids is 1. The van der Waals surface area contributed by atoms with Crippen molar-refractivity contribution in [1.29, 1.82) is 0 Å². The molecule has 0 saturated heterocycles. The highest BCUT2D eigenvalue weighted by Gasteiger charge is 2.15. The van der Waals surface area contributed by atoms with Gasteiger partial charge in [-0.15, -0.1) is 4.90 Å². The fourth-order valence-corrected chi connectivity index (χ4v) is 2.49. The van der Waals surface area contributed by atoms with Crippen molar-refractivity contribution in [2.24, 2.45) is 5.92 Å². The highest BCUT2D eigenvalue weighted by atomic mass is 19.2. The van der Waals surface area contributed by atoms with Gasteiger partial charge in [0, 0.05) is 5.69 Å². The number of aromatic nitrogens is 2. The molecule has 1 unspecified atom stereocenters. The lowest BCUT2D eigenvalue weighted by Gasteiger charge is -2.18. The summed E-state index contributed by atoms with van der Waals surface area (Å²) in [5, 5.41) is 6.20. The summed E-state index contributed by atoms with van der Waals surface area (Å²) < 4.78 is 12.8. The minimum absolute atomic E-state index is 0.127. The predicted molar refractivity (Wildman–Crippen MR) is 81.0 cm³/mol. The standard InChI is InChI=1S/C16H20FN3O/c1-11(2)8-12(3)14-6-4-5-7-15(14)19-16(21)13-9-18-20(17)10-13/h4-7,9-12H,8H2,1-3H3,(H,19,21). The van der Waals surface area contributed by atoms with Gasteiger partial charge < -0.3 is 5.32 Å². The number of halogens is 1. The Kier molecular flexibility index (Phi) is 4.73. The van der Waals surface area contributed by atoms with E-state index in [1.54, 1.807) is 0 Å². The van der Waals surface area contributed by atoms with Crippen molar-refractivity contribution >= 4 is 11.6 Å². The number of nitrogens with zero attached hydrogens (tertiary/aromatic N) is 2. The van der Waals surface area contributed by atoms with Crippen LogP contribution in [0.5, 0.6) is 0 Å². The van der Waals surface area contributed by atoms with Crippen LogP contribution in [0.1, 0.15) is 49.0 Å². The van der Waals surface area contributed by atoms with Gasteiger partial charge in [0.25, 0.3) is 5.91 Å². The maximum atomic E-state index is 12.8. The van der Waals surface area contributed by atoms with Crippen molar-refractivity contribution in [3.8, 4) is 0 Å². The van der Waals surface area contributed by atoms with Gasteiger partial charge in [-0.05, 0) is 29.9 Å². The molecule has 1 amide bonds. The van der Waals surface area contributed by atoms with Crippen molar-refractivity contribution in [2.75, 3.05) is 5.32 Å². The van der Waals surface area contributed by atoms with E-state index in [9.17, 15) is 9.28 Å². The fourth-order valence-electron chi connectivity index (χ4n) is 2.49. The molecule has 21 heavy (non-hydrogen) atoms. The van der Waals surface area contributed by atoms with Crippen LogP contribution < -0.4 is 5.32 Å². The number of rotatable bonds is 5. The van der Waals surface area contributed by atoms with Crippen LogP contribution in [0.4, 0.5) is 10.2 Å². The van der Waals surface area contributed by atoms with E-state index >= 15 is 0 Å². The van der Waals surface area contributed by atoms with Crippen molar-refractivity contribution in [3.05, 3.63) is 47.8 Å². The Balaban J connectivity index is 2.18. The van der Waals surface area contributed by atoms with Crippen LogP contribution in [-0.4, -0.2) is 15.9 Å². The second-order valence-corrected chi connectivity index (χ2v) is 5.69. The Hall–Kier alpha value is -2.17. The Labute approximate surface area is 123 Å². The van der Waals surface area contributed by atoms with Gasteiger partial charge in [0.15, 0.2) is 0 Å². The molecule has 0 fully saturated rings. The molecule has 1 atom stereocenters. The summed E-state index contributed by atoms with van der Waals surface area (Å²) >= 11 is 0. The van der Waals surface area contributed by atoms with Gasteiger partial charge in [-0.1, -0.05) is 43.5 Å². The van der Waals surface area contributed by atoms with Crippen LogP contribution in [-0.2, 0) is 0 Å². The van der Waals surface area contributed by atoms with E-state index < -0.39 is 0 Å². The molecule has 0 aliphatic carbocycles. The first kappa shape index (κ1) is 15.2. The number of para-hydroxylation sites is 1. The second-order valence-electron chi connectivity index (χ2n) is 5.69. The van der Waals surface area contributed by atoms with Gasteiger partial charge in [-0.25, -0.2) is 0 Å². The summed E-state index contributed by atoms with van der Waals surface area (Å²) in [6.07, 6.45) is 3.29. The first-order valence-electron chi connectivity index (χ1n) is 7.08. The third kappa shape index (κ3) is 3.90. The van der Waals surface area contributed by atoms with Crippen molar-refractivity contribution in [2.45, 2.75) is 33.1 Å². The molecule has 0 saturated carbocycles. The molecule has 4 nitrogen and oxygen atoms in total. The summed E-state index contributed by atoms with van der Waals surface area (Å²) in [5.41, 5.74) is 2.05. The Morgan fingerprint density at radius 3 is 2.67 bits per heavy atom. The molecule has 0 bridgehead atoms. The van der Waals surface area contributed by atoms with Crippen molar-refractivity contribution < 1.29 is 9.28 Å². The van der Waals surface area contributed by atoms with Gasteiger partial charge in [0.2, 0.25) is 0 Å². The largest absolute Gasteiger partial charge is 0.322 e. The van der Waals surface area contributed by atoms with Crippen LogP contribution in [0, 0.1) is 5.92 Å². The van der Waals surface area contributed by atoms with Gasteiger partial charge in [-0.2, -0.15) is 5.10 Å². The third-order valence-electron chi connectivity index (χ3n) is 3.38. The molecular formula is C16H20FN3O. The number of carbonyl (C=O) groups is 1. The zero-order valence-corrected chi connectivity index (χ0v) is 12.5. The van der Waals surface area contributed by atoms with E-state index in [4.69, 9.17) is 0 Å². The van der Waals surface area contributed by atoms with Crippen LogP contribution in [0.2, 0.25) is 0 Å². The predicted octanol–water partition coefficient (Wildman–Crippen LogP) is 4.02. The Bertz CT molecular complexity index is 621. The highest BCUT2D eigenvalue weighted by Crippen LogP contribution is 2.29. The molecule has 0 spiro atoms. The summed E-state index contributed by atoms with van der Waals surface area (Å²) in [4.78, 5) is 12.2. The van der Waals surface area contributed by atoms with E-state index in [1.807, 2.05) is 24.3 Å². The minimum atomic E-state index is -0.358. The molecule has 1 N–H and O–H groups in total. The lowest BCUT2D eigenvalue weighted by atomic mass is 9.91. The molecular weight excluding hydrogens is 269 g/mol. The van der Waals surface area contributed by atoms with E-state index in [0.29, 0.717) is 11.8 Å². The van der Waals surface area contributed by atoms with Crippen LogP contribution >= 0.6 is 0 Å². The minimum Gasteiger partial charge on any atom is -0.322 e. The molecule has 0 aliphatic rings. The summed E-state index contributed by atoms with van der Waals surface area (Å²) in [6, 6.07) is 7.71. The molecule has 1 heterocycles. The maximum absolute atomic E-state index is 12.8. The molecule has 2 aromatic rings. The number of hydrogen-bond donors (Lipinski definition) is 1. The molecule has 112 valence electrons. The van der Waals surface area contributed by atoms with Crippen molar-refractivity contribution in [1.82, 2.24) is 10.0 Å². The molecule has 0 radical (unpaired) electrons. The molecule has 0 aliphatic heterocycles. The number of nitrogens with one attached hydrogen (secondary N) is 1. The van der Waals surface area contributed by atoms with E-state index in [1.165, 1.54) is 6.20 Å². The zero-order valence-electron chi connectivity index (χ0n) is 12.5. The SMILES string of the molecule is CC(C)CC(C)c1ccccc1NC(=O)c1cnn(F)c1. The van der Waals surface area contributed by atoms with Gasteiger partial charge >= 0.3 is 0 Å². The maximum Gasteiger partial charge on any atom is 0.258 e. The lowest BCUT2D eigenvalue weighted by molar-refractivity contribution is 0.102. The van der Waals surface area contributed by atoms with E-state index in [2.05, 4.69) is 31.2 Å². The topological polar surface area (TPSA) is 46.9 Å². The summed E-state index contributed by atoms with van der Waals surface area (Å²) in [5.74, 6) is 0.557. The second kappa shape index (κ2) is 6.52. The van der Waals surface area contributed by atoms with Crippen LogP contribution in [0.15, 0.2) is 36.7 Å². The van der Waals surface area contributed by atoms with Gasteiger partial charge in [0.1, 0.15) is 0 Å². The third-order valence-corrected chi connectivity index (χ3v) is 3.38. The number of anilines is 1.